The van der Waals surface area contributed by atoms with E-state index in [1.54, 1.807) is 11.8 Å². The second-order valence-electron chi connectivity index (χ2n) is 9.47. The van der Waals surface area contributed by atoms with Crippen molar-refractivity contribution >= 4 is 17.7 Å². The summed E-state index contributed by atoms with van der Waals surface area (Å²) in [5, 5.41) is 12.8. The van der Waals surface area contributed by atoms with Gasteiger partial charge in [0, 0.05) is 30.6 Å². The van der Waals surface area contributed by atoms with Crippen LogP contribution in [0.1, 0.15) is 46.4 Å². The van der Waals surface area contributed by atoms with Crippen LogP contribution in [0.3, 0.4) is 0 Å². The number of ether oxygens (including phenoxy) is 2. The van der Waals surface area contributed by atoms with Crippen LogP contribution in [-0.2, 0) is 24.5 Å². The maximum Gasteiger partial charge on any atom is 0.230 e. The number of likely N-dealkylation sites (tertiary alicyclic amines) is 1. The number of anilines is 1. The fourth-order valence-corrected chi connectivity index (χ4v) is 5.26. The molecular weight excluding hydrogens is 470 g/mol. The molecule has 7 nitrogen and oxygen atoms in total. The van der Waals surface area contributed by atoms with Gasteiger partial charge in [-0.25, -0.2) is 4.98 Å². The minimum absolute atomic E-state index is 0.312. The third kappa shape index (κ3) is 5.49. The second-order valence-corrected chi connectivity index (χ2v) is 10.3. The molecule has 0 saturated carbocycles. The third-order valence-electron chi connectivity index (χ3n) is 6.81. The summed E-state index contributed by atoms with van der Waals surface area (Å²) in [4.78, 5) is 13.3. The van der Waals surface area contributed by atoms with Crippen LogP contribution in [0, 0.1) is 25.2 Å². The molecule has 36 heavy (non-hydrogen) atoms. The van der Waals surface area contributed by atoms with Gasteiger partial charge >= 0.3 is 0 Å². The van der Waals surface area contributed by atoms with E-state index in [1.165, 1.54) is 10.5 Å². The van der Waals surface area contributed by atoms with Gasteiger partial charge in [0.2, 0.25) is 11.8 Å². The van der Waals surface area contributed by atoms with Crippen molar-refractivity contribution in [3.63, 3.8) is 0 Å². The van der Waals surface area contributed by atoms with E-state index in [2.05, 4.69) is 46.8 Å². The van der Waals surface area contributed by atoms with Crippen LogP contribution >= 0.6 is 11.8 Å². The summed E-state index contributed by atoms with van der Waals surface area (Å²) in [6.07, 6.45) is 4.17. The molecular formula is C28H31N5O2S. The lowest BCUT2D eigenvalue weighted by Crippen LogP contribution is -2.39. The van der Waals surface area contributed by atoms with Gasteiger partial charge in [0.05, 0.1) is 36.1 Å². The lowest BCUT2D eigenvalue weighted by Gasteiger charge is -2.32. The van der Waals surface area contributed by atoms with Gasteiger partial charge in [-0.15, -0.1) is 11.8 Å². The van der Waals surface area contributed by atoms with Crippen LogP contribution in [0.25, 0.3) is 0 Å². The quantitative estimate of drug-likeness (QED) is 0.420. The van der Waals surface area contributed by atoms with E-state index >= 15 is 0 Å². The Morgan fingerprint density at radius 1 is 1.11 bits per heavy atom. The average Bonchev–Trinajstić information content (AvgIpc) is 3.36. The van der Waals surface area contributed by atoms with Gasteiger partial charge in [-0.3, -0.25) is 4.90 Å². The van der Waals surface area contributed by atoms with Crippen molar-refractivity contribution in [2.24, 2.45) is 0 Å². The normalized spacial score (nSPS) is 15.9. The third-order valence-corrected chi connectivity index (χ3v) is 7.56. The number of hydrogen-bond acceptors (Lipinski definition) is 8. The zero-order chi connectivity index (χ0) is 25.1. The highest BCUT2D eigenvalue weighted by Crippen LogP contribution is 2.35. The predicted molar refractivity (Wildman–Crippen MR) is 141 cm³/mol. The molecule has 0 atom stereocenters. The van der Waals surface area contributed by atoms with Crippen LogP contribution < -0.4 is 10.1 Å². The van der Waals surface area contributed by atoms with Crippen LogP contribution in [0.2, 0.25) is 0 Å². The number of nitrogens with zero attached hydrogens (tertiary/aromatic N) is 4. The molecule has 1 fully saturated rings. The van der Waals surface area contributed by atoms with E-state index < -0.39 is 0 Å². The molecule has 1 N–H and O–H groups in total. The van der Waals surface area contributed by atoms with E-state index in [9.17, 15) is 5.26 Å². The Hall–Kier alpha value is -3.12. The number of aryl methyl sites for hydroxylation is 2. The number of nitrogens with one attached hydrogen (secondary N) is 1. The first-order valence-corrected chi connectivity index (χ1v) is 13.5. The Kier molecular flexibility index (Phi) is 7.42. The summed E-state index contributed by atoms with van der Waals surface area (Å²) in [5.41, 5.74) is 5.56. The molecule has 3 aromatic rings. The number of thioether (sulfide) groups is 1. The number of hydrogen-bond donors (Lipinski definition) is 1. The SMILES string of the molecule is CSc1ccc(CN2CCC(Nc3nc4c(c(Oc5c(C)cc(C#N)cc5C)n3)COC4)CC2)cc1. The number of aromatic nitrogens is 2. The number of nitriles is 1. The molecule has 0 unspecified atom stereocenters. The van der Waals surface area contributed by atoms with E-state index in [-0.39, 0.29) is 0 Å². The summed E-state index contributed by atoms with van der Waals surface area (Å²) in [7, 11) is 0. The first-order chi connectivity index (χ1) is 17.5. The molecule has 0 spiro atoms. The van der Waals surface area contributed by atoms with Crippen LogP contribution in [-0.4, -0.2) is 40.3 Å². The lowest BCUT2D eigenvalue weighted by atomic mass is 10.0. The fourth-order valence-electron chi connectivity index (χ4n) is 4.85. The van der Waals surface area contributed by atoms with E-state index in [0.29, 0.717) is 36.6 Å². The molecule has 2 aliphatic rings. The van der Waals surface area contributed by atoms with Gasteiger partial charge in [0.15, 0.2) is 0 Å². The molecule has 186 valence electrons. The van der Waals surface area contributed by atoms with Crippen molar-refractivity contribution < 1.29 is 9.47 Å². The monoisotopic (exact) mass is 501 g/mol. The Morgan fingerprint density at radius 3 is 2.50 bits per heavy atom. The summed E-state index contributed by atoms with van der Waals surface area (Å²) < 4.78 is 12.0. The second kappa shape index (κ2) is 10.9. The van der Waals surface area contributed by atoms with Crippen molar-refractivity contribution in [3.05, 3.63) is 69.9 Å². The average molecular weight is 502 g/mol. The predicted octanol–water partition coefficient (Wildman–Crippen LogP) is 5.59. The highest BCUT2D eigenvalue weighted by Gasteiger charge is 2.25. The maximum absolute atomic E-state index is 9.26. The first kappa shape index (κ1) is 24.6. The highest BCUT2D eigenvalue weighted by molar-refractivity contribution is 7.98. The molecule has 1 saturated heterocycles. The zero-order valence-corrected chi connectivity index (χ0v) is 21.8. The van der Waals surface area contributed by atoms with Crippen molar-refractivity contribution in [2.45, 2.75) is 57.4 Å². The van der Waals surface area contributed by atoms with Gasteiger partial charge in [-0.2, -0.15) is 10.2 Å². The molecule has 0 amide bonds. The largest absolute Gasteiger partial charge is 0.438 e. The molecule has 3 heterocycles. The number of benzene rings is 2. The summed E-state index contributed by atoms with van der Waals surface area (Å²) in [6, 6.07) is 15.0. The van der Waals surface area contributed by atoms with Crippen molar-refractivity contribution in [3.8, 4) is 17.7 Å². The number of piperidine rings is 1. The van der Waals surface area contributed by atoms with Gasteiger partial charge < -0.3 is 14.8 Å². The molecule has 5 rings (SSSR count). The van der Waals surface area contributed by atoms with Crippen molar-refractivity contribution in [1.29, 1.82) is 5.26 Å². The van der Waals surface area contributed by atoms with E-state index in [4.69, 9.17) is 19.4 Å². The topological polar surface area (TPSA) is 83.3 Å². The molecule has 0 radical (unpaired) electrons. The van der Waals surface area contributed by atoms with Crippen LogP contribution in [0.15, 0.2) is 41.3 Å². The lowest BCUT2D eigenvalue weighted by molar-refractivity contribution is 0.132. The summed E-state index contributed by atoms with van der Waals surface area (Å²) >= 11 is 1.77. The van der Waals surface area contributed by atoms with Crippen LogP contribution in [0.4, 0.5) is 5.95 Å². The summed E-state index contributed by atoms with van der Waals surface area (Å²) in [6.45, 7) is 7.84. The minimum atomic E-state index is 0.312. The van der Waals surface area contributed by atoms with E-state index in [1.807, 2.05) is 26.0 Å². The molecule has 8 heteroatoms. The summed E-state index contributed by atoms with van der Waals surface area (Å²) in [5.74, 6) is 1.85. The number of fused-ring (bicyclic) bond motifs is 1. The first-order valence-electron chi connectivity index (χ1n) is 12.3. The molecule has 1 aromatic heterocycles. The standard InChI is InChI=1S/C28H31N5O2S/c1-18-12-21(14-29)13-19(2)26(18)35-27-24-16-34-17-25(24)31-28(32-27)30-22-8-10-33(11-9-22)15-20-4-6-23(36-3)7-5-20/h4-7,12-13,22H,8-11,15-17H2,1-3H3,(H,30,31,32). The Bertz CT molecular complexity index is 1260. The highest BCUT2D eigenvalue weighted by atomic mass is 32.2. The molecule has 0 bridgehead atoms. The van der Waals surface area contributed by atoms with E-state index in [0.717, 1.165) is 60.6 Å². The maximum atomic E-state index is 9.26. The molecule has 2 aliphatic heterocycles. The molecule has 0 aliphatic carbocycles. The van der Waals surface area contributed by atoms with Crippen molar-refractivity contribution in [2.75, 3.05) is 24.7 Å². The Labute approximate surface area is 216 Å². The smallest absolute Gasteiger partial charge is 0.230 e. The van der Waals surface area contributed by atoms with Gasteiger partial charge in [0.1, 0.15) is 5.75 Å². The van der Waals surface area contributed by atoms with Crippen molar-refractivity contribution in [1.82, 2.24) is 14.9 Å². The van der Waals surface area contributed by atoms with Crippen LogP contribution in [0.5, 0.6) is 11.6 Å². The minimum Gasteiger partial charge on any atom is -0.438 e. The Morgan fingerprint density at radius 2 is 1.83 bits per heavy atom. The molecule has 2 aromatic carbocycles. The van der Waals surface area contributed by atoms with Gasteiger partial charge in [0.25, 0.3) is 0 Å². The fraction of sp³-hybridized carbons (Fsp3) is 0.393. The Balaban J connectivity index is 1.26. The zero-order valence-electron chi connectivity index (χ0n) is 21.0. The number of rotatable bonds is 7. The van der Waals surface area contributed by atoms with Gasteiger partial charge in [-0.1, -0.05) is 12.1 Å². The van der Waals surface area contributed by atoms with Gasteiger partial charge in [-0.05, 0) is 73.9 Å².